The van der Waals surface area contributed by atoms with E-state index in [4.69, 9.17) is 4.74 Å². The molecule has 10 nitrogen and oxygen atoms in total. The monoisotopic (exact) mass is 701 g/mol. The molecule has 1 amide bonds. The first-order valence-electron chi connectivity index (χ1n) is 15.7. The van der Waals surface area contributed by atoms with Crippen molar-refractivity contribution in [2.24, 2.45) is 0 Å². The van der Waals surface area contributed by atoms with E-state index in [0.29, 0.717) is 21.1 Å². The Hall–Kier alpha value is -5.34. The third kappa shape index (κ3) is 6.27. The maximum Gasteiger partial charge on any atom is 0.433 e. The first-order valence-corrected chi connectivity index (χ1v) is 16.5. The summed E-state index contributed by atoms with van der Waals surface area (Å²) in [5.74, 6) is -1.44. The van der Waals surface area contributed by atoms with Gasteiger partial charge in [0, 0.05) is 29.2 Å². The third-order valence-corrected chi connectivity index (χ3v) is 10.4. The summed E-state index contributed by atoms with van der Waals surface area (Å²) < 4.78 is 45.3. The smallest absolute Gasteiger partial charge is 0.433 e. The van der Waals surface area contributed by atoms with Crippen molar-refractivity contribution in [3.8, 4) is 21.6 Å². The molecule has 0 aliphatic heterocycles. The molecule has 7 rings (SSSR count). The summed E-state index contributed by atoms with van der Waals surface area (Å²) in [6.07, 6.45) is -3.70. The quantitative estimate of drug-likeness (QED) is 0.134. The molecule has 1 fully saturated rings. The number of hydrogen-bond acceptors (Lipinski definition) is 9. The zero-order chi connectivity index (χ0) is 35.3. The number of anilines is 2. The minimum absolute atomic E-state index is 0.00906. The van der Waals surface area contributed by atoms with Gasteiger partial charge < -0.3 is 25.6 Å². The van der Waals surface area contributed by atoms with Gasteiger partial charge in [0.2, 0.25) is 5.95 Å². The summed E-state index contributed by atoms with van der Waals surface area (Å²) in [6.45, 7) is 1.83. The predicted octanol–water partition coefficient (Wildman–Crippen LogP) is 7.75. The standard InChI is InChI=1S/C36H30F3N5O5S/c1-20-16-21(18-22(17-20)42-32-40-15-10-28(43-32)36(37,38)39)27-19-41-30(50-27)35(48)13-11-34(12-14-35,31(45)46)44-33(47)49-29-25-8-4-2-6-23(25)24-7-3-5-9-26(24)29/h2-10,15-19,29,48H,11-14H2,1H3,(H,44,47)(H,45,46)(H,40,42,43). The zero-order valence-corrected chi connectivity index (χ0v) is 27.3. The van der Waals surface area contributed by atoms with Gasteiger partial charge in [0.25, 0.3) is 0 Å². The Labute approximate surface area is 288 Å². The zero-order valence-electron chi connectivity index (χ0n) is 26.5. The van der Waals surface area contributed by atoms with Crippen molar-refractivity contribution in [3.05, 3.63) is 113 Å². The number of thiazole rings is 1. The molecule has 0 radical (unpaired) electrons. The maximum absolute atomic E-state index is 13.3. The van der Waals surface area contributed by atoms with Crippen LogP contribution >= 0.6 is 11.3 Å². The Morgan fingerprint density at radius 3 is 2.24 bits per heavy atom. The van der Waals surface area contributed by atoms with Crippen LogP contribution in [-0.4, -0.2) is 42.8 Å². The molecule has 0 unspecified atom stereocenters. The number of ether oxygens (including phenoxy) is 1. The Balaban J connectivity index is 1.05. The summed E-state index contributed by atoms with van der Waals surface area (Å²) in [4.78, 5) is 38.5. The third-order valence-electron chi connectivity index (χ3n) is 9.15. The van der Waals surface area contributed by atoms with E-state index in [2.05, 4.69) is 25.6 Å². The van der Waals surface area contributed by atoms with Gasteiger partial charge in [-0.3, -0.25) is 0 Å². The van der Waals surface area contributed by atoms with E-state index < -0.39 is 41.2 Å². The van der Waals surface area contributed by atoms with Crippen LogP contribution in [0.15, 0.2) is 85.2 Å². The van der Waals surface area contributed by atoms with Gasteiger partial charge in [-0.1, -0.05) is 54.6 Å². The van der Waals surface area contributed by atoms with Crippen molar-refractivity contribution in [1.29, 1.82) is 0 Å². The van der Waals surface area contributed by atoms with Crippen LogP contribution in [-0.2, 0) is 21.3 Å². The van der Waals surface area contributed by atoms with Crippen molar-refractivity contribution < 1.29 is 37.7 Å². The van der Waals surface area contributed by atoms with Crippen LogP contribution in [0.5, 0.6) is 0 Å². The van der Waals surface area contributed by atoms with Crippen molar-refractivity contribution >= 4 is 35.0 Å². The summed E-state index contributed by atoms with van der Waals surface area (Å²) in [7, 11) is 0. The van der Waals surface area contributed by atoms with E-state index >= 15 is 0 Å². The molecule has 256 valence electrons. The highest BCUT2D eigenvalue weighted by atomic mass is 32.1. The fraction of sp³-hybridized carbons (Fsp3) is 0.250. The number of aliphatic hydroxyl groups is 1. The number of carbonyl (C=O) groups excluding carboxylic acids is 1. The summed E-state index contributed by atoms with van der Waals surface area (Å²) >= 11 is 1.22. The summed E-state index contributed by atoms with van der Waals surface area (Å²) in [6, 6.07) is 21.3. The number of nitrogens with zero attached hydrogens (tertiary/aromatic N) is 3. The fourth-order valence-corrected chi connectivity index (χ4v) is 7.64. The van der Waals surface area contributed by atoms with Gasteiger partial charge in [-0.2, -0.15) is 13.2 Å². The number of hydrogen-bond donors (Lipinski definition) is 4. The average Bonchev–Trinajstić information content (AvgIpc) is 3.70. The molecule has 2 aliphatic rings. The molecule has 50 heavy (non-hydrogen) atoms. The van der Waals surface area contributed by atoms with Gasteiger partial charge in [0.15, 0.2) is 6.10 Å². The van der Waals surface area contributed by atoms with E-state index in [0.717, 1.165) is 40.1 Å². The lowest BCUT2D eigenvalue weighted by Gasteiger charge is -2.40. The molecule has 2 aromatic heterocycles. The Bertz CT molecular complexity index is 2070. The number of halogens is 3. The molecule has 0 spiro atoms. The molecule has 4 N–H and O–H groups in total. The van der Waals surface area contributed by atoms with Crippen LogP contribution in [0.1, 0.15) is 59.2 Å². The van der Waals surface area contributed by atoms with Crippen molar-refractivity contribution in [2.75, 3.05) is 5.32 Å². The summed E-state index contributed by atoms with van der Waals surface area (Å²) in [5.41, 5.74) is 1.29. The number of fused-ring (bicyclic) bond motifs is 3. The number of amides is 1. The minimum Gasteiger partial charge on any atom is -0.480 e. The number of benzene rings is 3. The van der Waals surface area contributed by atoms with E-state index in [1.54, 1.807) is 18.3 Å². The first-order chi connectivity index (χ1) is 23.8. The van der Waals surface area contributed by atoms with Crippen LogP contribution in [0, 0.1) is 6.92 Å². The normalized spacial score (nSPS) is 20.1. The average molecular weight is 702 g/mol. The minimum atomic E-state index is -4.62. The van der Waals surface area contributed by atoms with E-state index in [9.17, 15) is 33.0 Å². The number of aryl methyl sites for hydroxylation is 1. The van der Waals surface area contributed by atoms with Crippen LogP contribution < -0.4 is 10.6 Å². The second kappa shape index (κ2) is 12.5. The van der Waals surface area contributed by atoms with Crippen molar-refractivity contribution in [3.63, 3.8) is 0 Å². The van der Waals surface area contributed by atoms with Crippen molar-refractivity contribution in [1.82, 2.24) is 20.3 Å². The molecule has 0 atom stereocenters. The van der Waals surface area contributed by atoms with Crippen LogP contribution in [0.25, 0.3) is 21.6 Å². The number of alkyl carbamates (subject to hydrolysis) is 1. The van der Waals surface area contributed by atoms with Crippen LogP contribution in [0.3, 0.4) is 0 Å². The predicted molar refractivity (Wildman–Crippen MR) is 179 cm³/mol. The molecule has 3 aromatic carbocycles. The lowest BCUT2D eigenvalue weighted by atomic mass is 9.74. The van der Waals surface area contributed by atoms with E-state index in [-0.39, 0.29) is 31.6 Å². The lowest BCUT2D eigenvalue weighted by molar-refractivity contribution is -0.149. The van der Waals surface area contributed by atoms with E-state index in [1.165, 1.54) is 11.3 Å². The number of aromatic nitrogens is 3. The second-order valence-electron chi connectivity index (χ2n) is 12.5. The SMILES string of the molecule is Cc1cc(Nc2nccc(C(F)(F)F)n2)cc(-c2cnc(C3(O)CCC(NC(=O)OC4c5ccccc5-c5ccccc54)(C(=O)O)CC3)s2)c1. The van der Waals surface area contributed by atoms with E-state index in [1.807, 2.05) is 61.5 Å². The lowest BCUT2D eigenvalue weighted by Crippen LogP contribution is -2.58. The van der Waals surface area contributed by atoms with Gasteiger partial charge in [-0.05, 0) is 73.1 Å². The topological polar surface area (TPSA) is 147 Å². The first kappa shape index (κ1) is 33.2. The Morgan fingerprint density at radius 1 is 0.940 bits per heavy atom. The fourth-order valence-electron chi connectivity index (χ4n) is 6.59. The van der Waals surface area contributed by atoms with Gasteiger partial charge >= 0.3 is 18.2 Å². The molecule has 0 saturated heterocycles. The number of carboxylic acid groups (broad SMARTS) is 1. The molecule has 14 heteroatoms. The van der Waals surface area contributed by atoms with Gasteiger partial charge in [-0.15, -0.1) is 11.3 Å². The number of nitrogens with one attached hydrogen (secondary N) is 2. The highest BCUT2D eigenvalue weighted by molar-refractivity contribution is 7.15. The van der Waals surface area contributed by atoms with Gasteiger partial charge in [0.05, 0.1) is 4.88 Å². The molecular weight excluding hydrogens is 671 g/mol. The highest BCUT2D eigenvalue weighted by Gasteiger charge is 2.50. The molecule has 1 saturated carbocycles. The Kier molecular flexibility index (Phi) is 8.31. The number of aliphatic carboxylic acids is 1. The van der Waals surface area contributed by atoms with Gasteiger partial charge in [-0.25, -0.2) is 24.5 Å². The maximum atomic E-state index is 13.3. The van der Waals surface area contributed by atoms with Gasteiger partial charge in [0.1, 0.15) is 21.8 Å². The molecular formula is C36H30F3N5O5S. The molecule has 5 aromatic rings. The van der Waals surface area contributed by atoms with Crippen molar-refractivity contribution in [2.45, 2.75) is 56.0 Å². The molecule has 0 bridgehead atoms. The van der Waals surface area contributed by atoms with Crippen LogP contribution in [0.2, 0.25) is 0 Å². The van der Waals surface area contributed by atoms with Crippen LogP contribution in [0.4, 0.5) is 29.6 Å². The number of alkyl halides is 3. The summed E-state index contributed by atoms with van der Waals surface area (Å²) in [5, 5.41) is 27.8. The highest BCUT2D eigenvalue weighted by Crippen LogP contribution is 2.47. The largest absolute Gasteiger partial charge is 0.480 e. The number of rotatable bonds is 7. The molecule has 2 aliphatic carbocycles. The number of carboxylic acids is 1. The number of carbonyl (C=O) groups is 2. The Morgan fingerprint density at radius 2 is 1.60 bits per heavy atom. The molecule has 2 heterocycles. The second-order valence-corrected chi connectivity index (χ2v) is 13.5.